The van der Waals surface area contributed by atoms with E-state index in [9.17, 15) is 22.8 Å². The van der Waals surface area contributed by atoms with Gasteiger partial charge in [0.15, 0.2) is 5.82 Å². The monoisotopic (exact) mass is 540 g/mol. The standard InChI is InChI=1S/C27H27F3N6O3/c1-2-21(37)34-14-6-7-18(15-34)36-24-22(25(31)33-35(26(24)38)16-27(28,29)30)23(32-36)17-10-12-20(13-11-17)39-19-8-4-3-5-9-19/h2-5,8-10,12,18H,1,6-7,11,13-16H2,(H2,31,33). The summed E-state index contributed by atoms with van der Waals surface area (Å²) in [6.45, 7) is 2.69. The number of amides is 1. The molecule has 0 bridgehead atoms. The zero-order valence-electron chi connectivity index (χ0n) is 21.0. The van der Waals surface area contributed by atoms with Crippen LogP contribution in [-0.4, -0.2) is 49.6 Å². The van der Waals surface area contributed by atoms with Crippen molar-refractivity contribution in [2.24, 2.45) is 0 Å². The van der Waals surface area contributed by atoms with E-state index in [-0.39, 0.29) is 29.2 Å². The summed E-state index contributed by atoms with van der Waals surface area (Å²) < 4.78 is 47.4. The number of carbonyl (C=O) groups excluding carboxylic acids is 1. The molecule has 3 heterocycles. The van der Waals surface area contributed by atoms with E-state index in [1.165, 1.54) is 10.8 Å². The number of likely N-dealkylation sites (tertiary alicyclic amines) is 1. The van der Waals surface area contributed by atoms with Gasteiger partial charge in [-0.2, -0.15) is 23.4 Å². The van der Waals surface area contributed by atoms with Gasteiger partial charge in [-0.3, -0.25) is 14.3 Å². The predicted molar refractivity (Wildman–Crippen MR) is 140 cm³/mol. The third kappa shape index (κ3) is 5.45. The number of alkyl halides is 3. The molecular formula is C27H27F3N6O3. The number of rotatable bonds is 6. The maximum Gasteiger partial charge on any atom is 0.408 e. The Morgan fingerprint density at radius 2 is 1.95 bits per heavy atom. The number of carbonyl (C=O) groups is 1. The molecule has 1 fully saturated rings. The van der Waals surface area contributed by atoms with Crippen LogP contribution in [0.1, 0.15) is 37.4 Å². The smallest absolute Gasteiger partial charge is 0.408 e. The van der Waals surface area contributed by atoms with Crippen molar-refractivity contribution in [1.82, 2.24) is 24.5 Å². The Morgan fingerprint density at radius 1 is 1.18 bits per heavy atom. The first kappa shape index (κ1) is 26.3. The van der Waals surface area contributed by atoms with Crippen LogP contribution in [-0.2, 0) is 11.3 Å². The largest absolute Gasteiger partial charge is 0.462 e. The molecule has 0 spiro atoms. The summed E-state index contributed by atoms with van der Waals surface area (Å²) in [4.78, 5) is 27.3. The second kappa shape index (κ2) is 10.4. The average molecular weight is 541 g/mol. The van der Waals surface area contributed by atoms with Gasteiger partial charge in [0.05, 0.1) is 11.4 Å². The van der Waals surface area contributed by atoms with Gasteiger partial charge in [0.25, 0.3) is 5.56 Å². The first-order valence-corrected chi connectivity index (χ1v) is 12.5. The van der Waals surface area contributed by atoms with Crippen LogP contribution in [0.3, 0.4) is 0 Å². The van der Waals surface area contributed by atoms with Gasteiger partial charge < -0.3 is 15.4 Å². The number of anilines is 1. The number of nitrogens with two attached hydrogens (primary N) is 1. The number of ether oxygens (including phenoxy) is 1. The summed E-state index contributed by atoms with van der Waals surface area (Å²) in [7, 11) is 0. The SMILES string of the molecule is C=CC(=O)N1CCCC(n2nc(C3=CC=C(Oc4ccccc4)CC3)c3c(N)nn(CC(F)(F)F)c(=O)c32)C1. The number of hydrogen-bond acceptors (Lipinski definition) is 6. The van der Waals surface area contributed by atoms with Crippen LogP contribution in [0.2, 0.25) is 0 Å². The molecule has 9 nitrogen and oxygen atoms in total. The molecule has 0 radical (unpaired) electrons. The number of para-hydroxylation sites is 1. The summed E-state index contributed by atoms with van der Waals surface area (Å²) in [5, 5.41) is 8.72. The third-order valence-corrected chi connectivity index (χ3v) is 6.80. The minimum absolute atomic E-state index is 0.0594. The first-order chi connectivity index (χ1) is 18.6. The van der Waals surface area contributed by atoms with Gasteiger partial charge in [0, 0.05) is 19.5 Å². The Morgan fingerprint density at radius 3 is 2.62 bits per heavy atom. The quantitative estimate of drug-likeness (QED) is 0.469. The summed E-state index contributed by atoms with van der Waals surface area (Å²) in [6.07, 6.45) is 2.39. The van der Waals surface area contributed by atoms with Crippen molar-refractivity contribution in [3.8, 4) is 5.75 Å². The lowest BCUT2D eigenvalue weighted by Crippen LogP contribution is -2.41. The second-order valence-corrected chi connectivity index (χ2v) is 9.50. The zero-order chi connectivity index (χ0) is 27.7. The summed E-state index contributed by atoms with van der Waals surface area (Å²) in [6, 6.07) is 8.88. The minimum Gasteiger partial charge on any atom is -0.462 e. The van der Waals surface area contributed by atoms with Gasteiger partial charge in [-0.05, 0) is 49.1 Å². The van der Waals surface area contributed by atoms with E-state index in [0.29, 0.717) is 48.4 Å². The highest BCUT2D eigenvalue weighted by Crippen LogP contribution is 2.35. The molecular weight excluding hydrogens is 513 g/mol. The van der Waals surface area contributed by atoms with E-state index in [1.54, 1.807) is 11.0 Å². The van der Waals surface area contributed by atoms with Gasteiger partial charge in [-0.15, -0.1) is 0 Å². The van der Waals surface area contributed by atoms with Crippen molar-refractivity contribution in [2.75, 3.05) is 18.8 Å². The molecule has 2 N–H and O–H groups in total. The van der Waals surface area contributed by atoms with Gasteiger partial charge in [0.1, 0.15) is 29.3 Å². The van der Waals surface area contributed by atoms with E-state index in [1.807, 2.05) is 36.4 Å². The van der Waals surface area contributed by atoms with E-state index in [4.69, 9.17) is 15.6 Å². The molecule has 1 aromatic carbocycles. The normalized spacial score (nSPS) is 18.0. The fraction of sp³-hybridized carbons (Fsp3) is 0.333. The molecule has 1 unspecified atom stereocenters. The molecule has 12 heteroatoms. The maximum atomic E-state index is 13.4. The van der Waals surface area contributed by atoms with Gasteiger partial charge in [-0.25, -0.2) is 4.68 Å². The number of piperidine rings is 1. The van der Waals surface area contributed by atoms with Crippen molar-refractivity contribution in [1.29, 1.82) is 0 Å². The molecule has 0 saturated carbocycles. The lowest BCUT2D eigenvalue weighted by atomic mass is 9.99. The number of aromatic nitrogens is 4. The van der Waals surface area contributed by atoms with Gasteiger partial charge in [-0.1, -0.05) is 30.9 Å². The van der Waals surface area contributed by atoms with Crippen molar-refractivity contribution >= 4 is 28.2 Å². The molecule has 1 aliphatic carbocycles. The van der Waals surface area contributed by atoms with E-state index in [0.717, 1.165) is 11.3 Å². The Labute approximate surface area is 221 Å². The summed E-state index contributed by atoms with van der Waals surface area (Å²) in [5.41, 5.74) is 6.31. The molecule has 1 atom stereocenters. The Kier molecular flexibility index (Phi) is 7.02. The zero-order valence-corrected chi connectivity index (χ0v) is 21.0. The Bertz CT molecular complexity index is 1540. The number of fused-ring (bicyclic) bond motifs is 1. The minimum atomic E-state index is -4.67. The molecule has 1 amide bonds. The molecule has 204 valence electrons. The predicted octanol–water partition coefficient (Wildman–Crippen LogP) is 4.23. The Balaban J connectivity index is 1.60. The average Bonchev–Trinajstić information content (AvgIpc) is 3.33. The number of nitrogens with zero attached hydrogens (tertiary/aromatic N) is 5. The number of halogens is 3. The molecule has 5 rings (SSSR count). The lowest BCUT2D eigenvalue weighted by molar-refractivity contribution is -0.143. The van der Waals surface area contributed by atoms with Gasteiger partial charge >= 0.3 is 6.18 Å². The molecule has 39 heavy (non-hydrogen) atoms. The maximum absolute atomic E-state index is 13.4. The van der Waals surface area contributed by atoms with Crippen molar-refractivity contribution in [3.63, 3.8) is 0 Å². The summed E-state index contributed by atoms with van der Waals surface area (Å²) in [5.74, 6) is 0.947. The highest BCUT2D eigenvalue weighted by Gasteiger charge is 2.33. The second-order valence-electron chi connectivity index (χ2n) is 9.50. The van der Waals surface area contributed by atoms with Crippen molar-refractivity contribution in [2.45, 2.75) is 44.4 Å². The molecule has 3 aromatic rings. The fourth-order valence-electron chi connectivity index (χ4n) is 5.02. The van der Waals surface area contributed by atoms with E-state index < -0.39 is 24.3 Å². The van der Waals surface area contributed by atoms with Crippen molar-refractivity contribution in [3.05, 3.63) is 76.9 Å². The molecule has 2 aliphatic rings. The highest BCUT2D eigenvalue weighted by atomic mass is 19.4. The van der Waals surface area contributed by atoms with Crippen LogP contribution < -0.4 is 16.0 Å². The third-order valence-electron chi connectivity index (χ3n) is 6.80. The van der Waals surface area contributed by atoms with Crippen LogP contribution in [0.25, 0.3) is 16.5 Å². The number of benzene rings is 1. The highest BCUT2D eigenvalue weighted by molar-refractivity contribution is 5.97. The number of allylic oxidation sites excluding steroid dienone is 4. The molecule has 1 aliphatic heterocycles. The lowest BCUT2D eigenvalue weighted by Gasteiger charge is -2.32. The summed E-state index contributed by atoms with van der Waals surface area (Å²) >= 11 is 0. The Hall–Kier alpha value is -4.35. The number of nitrogen functional groups attached to an aromatic ring is 1. The van der Waals surface area contributed by atoms with Crippen LogP contribution in [0.5, 0.6) is 5.75 Å². The van der Waals surface area contributed by atoms with E-state index in [2.05, 4.69) is 11.7 Å². The van der Waals surface area contributed by atoms with Crippen LogP contribution in [0.15, 0.2) is 65.7 Å². The number of hydrogen-bond donors (Lipinski definition) is 1. The van der Waals surface area contributed by atoms with Crippen LogP contribution >= 0.6 is 0 Å². The van der Waals surface area contributed by atoms with Crippen LogP contribution in [0, 0.1) is 0 Å². The van der Waals surface area contributed by atoms with Crippen molar-refractivity contribution < 1.29 is 22.7 Å². The molecule has 1 saturated heterocycles. The topological polar surface area (TPSA) is 108 Å². The fourth-order valence-corrected chi connectivity index (χ4v) is 5.02. The van der Waals surface area contributed by atoms with Gasteiger partial charge in [0.2, 0.25) is 5.91 Å². The van der Waals surface area contributed by atoms with Crippen LogP contribution in [0.4, 0.5) is 19.0 Å². The molecule has 2 aromatic heterocycles. The first-order valence-electron chi connectivity index (χ1n) is 12.5. The van der Waals surface area contributed by atoms with E-state index >= 15 is 0 Å².